The molecule has 58 heavy (non-hydrogen) atoms. The summed E-state index contributed by atoms with van der Waals surface area (Å²) in [5.41, 5.74) is -3.18. The van der Waals surface area contributed by atoms with Gasteiger partial charge in [0.15, 0.2) is 0 Å². The quantitative estimate of drug-likeness (QED) is 0.110. The van der Waals surface area contributed by atoms with Gasteiger partial charge in [-0.1, -0.05) is 72.8 Å². The minimum atomic E-state index is -1.27. The second-order valence-corrected chi connectivity index (χ2v) is 13.9. The third kappa shape index (κ3) is 5.95. The molecule has 0 atom stereocenters. The summed E-state index contributed by atoms with van der Waals surface area (Å²) < 4.78 is 22.3. The lowest BCUT2D eigenvalue weighted by Crippen LogP contribution is -2.22. The number of benzene rings is 5. The van der Waals surface area contributed by atoms with Crippen molar-refractivity contribution in [3.63, 3.8) is 0 Å². The number of aromatic hydroxyl groups is 4. The fourth-order valence-corrected chi connectivity index (χ4v) is 7.80. The summed E-state index contributed by atoms with van der Waals surface area (Å²) in [5.74, 6) is -4.23. The molecule has 4 heterocycles. The van der Waals surface area contributed by atoms with Gasteiger partial charge >= 0.3 is 22.5 Å². The molecule has 0 amide bonds. The van der Waals surface area contributed by atoms with E-state index < -0.39 is 57.3 Å². The lowest BCUT2D eigenvalue weighted by atomic mass is 9.83. The molecule has 0 radical (unpaired) electrons. The van der Waals surface area contributed by atoms with Crippen LogP contribution >= 0.6 is 0 Å². The largest absolute Gasteiger partial charge is 0.507 e. The zero-order chi connectivity index (χ0) is 40.2. The Kier molecular flexibility index (Phi) is 8.66. The van der Waals surface area contributed by atoms with Gasteiger partial charge in [0.25, 0.3) is 0 Å². The molecule has 12 nitrogen and oxygen atoms in total. The molecule has 0 saturated carbocycles. The Balaban J connectivity index is 1.17. The smallest absolute Gasteiger partial charge is 0.343 e. The second kappa shape index (κ2) is 14.0. The standard InChI is InChI=1S/C46H30O12/c47-39-25-9-1-5-13-31(25)55-43(51)35(39)29(36-40(48)26-10-2-6-14-32(26)56-44(36)52)21-23-17-19-24(20-18-23)22-30(37-41(49)27-11-3-7-15-33(27)57-45(37)53)38-42(50)28-12-4-8-16-34(28)58-46(38)54/h1-20,29-30,47-50H,21-22H2. The van der Waals surface area contributed by atoms with Gasteiger partial charge < -0.3 is 38.1 Å². The molecule has 4 N–H and O–H groups in total. The van der Waals surface area contributed by atoms with E-state index in [0.717, 1.165) is 0 Å². The Morgan fingerprint density at radius 1 is 0.345 bits per heavy atom. The highest BCUT2D eigenvalue weighted by atomic mass is 16.4. The van der Waals surface area contributed by atoms with Crippen molar-refractivity contribution in [2.45, 2.75) is 24.7 Å². The van der Waals surface area contributed by atoms with Gasteiger partial charge in [0, 0.05) is 11.8 Å². The van der Waals surface area contributed by atoms with E-state index in [1.807, 2.05) is 0 Å². The van der Waals surface area contributed by atoms with Crippen LogP contribution in [-0.4, -0.2) is 20.4 Å². The van der Waals surface area contributed by atoms with E-state index in [1.54, 1.807) is 97.1 Å². The van der Waals surface area contributed by atoms with E-state index in [1.165, 1.54) is 24.3 Å². The topological polar surface area (TPSA) is 202 Å². The molecule has 0 aliphatic rings. The van der Waals surface area contributed by atoms with Gasteiger partial charge in [0.05, 0.1) is 43.8 Å². The van der Waals surface area contributed by atoms with Crippen LogP contribution in [0.5, 0.6) is 23.0 Å². The van der Waals surface area contributed by atoms with Crippen LogP contribution < -0.4 is 22.5 Å². The summed E-state index contributed by atoms with van der Waals surface area (Å²) in [4.78, 5) is 54.5. The van der Waals surface area contributed by atoms with Crippen molar-refractivity contribution in [3.05, 3.63) is 196 Å². The molecular formula is C46H30O12. The highest BCUT2D eigenvalue weighted by molar-refractivity contribution is 5.88. The fraction of sp³-hybridized carbons (Fsp3) is 0.0870. The first-order valence-electron chi connectivity index (χ1n) is 18.2. The highest BCUT2D eigenvalue weighted by Crippen LogP contribution is 2.42. The molecule has 0 saturated heterocycles. The van der Waals surface area contributed by atoms with Crippen molar-refractivity contribution in [2.75, 3.05) is 0 Å². The van der Waals surface area contributed by atoms with Gasteiger partial charge in [-0.05, 0) is 72.5 Å². The summed E-state index contributed by atoms with van der Waals surface area (Å²) in [6.45, 7) is 0. The average molecular weight is 775 g/mol. The summed E-state index contributed by atoms with van der Waals surface area (Å²) in [6, 6.07) is 32.2. The second-order valence-electron chi connectivity index (χ2n) is 13.9. The van der Waals surface area contributed by atoms with Crippen molar-refractivity contribution >= 4 is 43.9 Å². The van der Waals surface area contributed by atoms with E-state index in [-0.39, 0.29) is 79.0 Å². The zero-order valence-corrected chi connectivity index (χ0v) is 30.2. The van der Waals surface area contributed by atoms with Gasteiger partial charge in [0.2, 0.25) is 0 Å². The summed E-state index contributed by atoms with van der Waals surface area (Å²) >= 11 is 0. The van der Waals surface area contributed by atoms with Crippen molar-refractivity contribution in [1.29, 1.82) is 0 Å². The molecular weight excluding hydrogens is 744 g/mol. The summed E-state index contributed by atoms with van der Waals surface area (Å²) in [5, 5.41) is 47.0. The van der Waals surface area contributed by atoms with Crippen molar-refractivity contribution < 1.29 is 38.1 Å². The predicted molar refractivity (Wildman–Crippen MR) is 214 cm³/mol. The molecule has 0 spiro atoms. The third-order valence-electron chi connectivity index (χ3n) is 10.6. The van der Waals surface area contributed by atoms with Crippen LogP contribution in [0.15, 0.2) is 158 Å². The Morgan fingerprint density at radius 2 is 0.569 bits per heavy atom. The predicted octanol–water partition coefficient (Wildman–Crippen LogP) is 7.68. The Morgan fingerprint density at radius 3 is 0.810 bits per heavy atom. The molecule has 0 fully saturated rings. The molecule has 9 rings (SSSR count). The van der Waals surface area contributed by atoms with Gasteiger partial charge in [-0.3, -0.25) is 0 Å². The first-order valence-corrected chi connectivity index (χ1v) is 18.2. The normalized spacial score (nSPS) is 11.8. The van der Waals surface area contributed by atoms with Crippen LogP contribution in [-0.2, 0) is 12.8 Å². The van der Waals surface area contributed by atoms with Gasteiger partial charge in [0.1, 0.15) is 45.3 Å². The number of fused-ring (bicyclic) bond motifs is 4. The summed E-state index contributed by atoms with van der Waals surface area (Å²) in [7, 11) is 0. The monoisotopic (exact) mass is 774 g/mol. The first-order chi connectivity index (χ1) is 28.1. The lowest BCUT2D eigenvalue weighted by molar-refractivity contribution is 0.432. The number of hydrogen-bond donors (Lipinski definition) is 4. The van der Waals surface area contributed by atoms with Crippen LogP contribution in [0.25, 0.3) is 43.9 Å². The Labute approximate surface area is 325 Å². The van der Waals surface area contributed by atoms with Gasteiger partial charge in [-0.15, -0.1) is 0 Å². The molecule has 12 heteroatoms. The highest BCUT2D eigenvalue weighted by Gasteiger charge is 2.33. The van der Waals surface area contributed by atoms with Crippen LogP contribution in [0.2, 0.25) is 0 Å². The van der Waals surface area contributed by atoms with E-state index in [0.29, 0.717) is 11.1 Å². The van der Waals surface area contributed by atoms with E-state index in [2.05, 4.69) is 0 Å². The molecule has 286 valence electrons. The van der Waals surface area contributed by atoms with E-state index in [4.69, 9.17) is 17.7 Å². The molecule has 0 unspecified atom stereocenters. The number of rotatable bonds is 8. The molecule has 5 aromatic carbocycles. The minimum absolute atomic E-state index is 0.110. The Hall–Kier alpha value is -7.86. The van der Waals surface area contributed by atoms with E-state index in [9.17, 15) is 39.6 Å². The maximum Gasteiger partial charge on any atom is 0.343 e. The van der Waals surface area contributed by atoms with Crippen molar-refractivity contribution in [1.82, 2.24) is 0 Å². The molecule has 4 aromatic heterocycles. The van der Waals surface area contributed by atoms with Crippen molar-refractivity contribution in [3.8, 4) is 23.0 Å². The zero-order valence-electron chi connectivity index (χ0n) is 30.2. The van der Waals surface area contributed by atoms with Crippen molar-refractivity contribution in [2.24, 2.45) is 0 Å². The molecule has 0 aliphatic heterocycles. The van der Waals surface area contributed by atoms with E-state index >= 15 is 0 Å². The molecule has 0 bridgehead atoms. The van der Waals surface area contributed by atoms with Crippen LogP contribution in [0.3, 0.4) is 0 Å². The molecule has 9 aromatic rings. The lowest BCUT2D eigenvalue weighted by Gasteiger charge is -2.21. The fourth-order valence-electron chi connectivity index (χ4n) is 7.80. The maximum absolute atomic E-state index is 13.6. The first kappa shape index (κ1) is 35.8. The van der Waals surface area contributed by atoms with Crippen LogP contribution in [0, 0.1) is 0 Å². The Bertz CT molecular complexity index is 2910. The summed E-state index contributed by atoms with van der Waals surface area (Å²) in [6.07, 6.45) is -0.220. The SMILES string of the molecule is O=c1oc2ccccc2c(O)c1C(Cc1ccc(CC(c2c(O)c3ccccc3oc2=O)c2c(O)c3ccccc3oc2=O)cc1)c1c(O)c2ccccc2oc1=O. The molecule has 0 aliphatic carbocycles. The van der Waals surface area contributed by atoms with Crippen LogP contribution in [0.1, 0.15) is 45.2 Å². The number of hydrogen-bond acceptors (Lipinski definition) is 12. The van der Waals surface area contributed by atoms with Gasteiger partial charge in [-0.2, -0.15) is 0 Å². The minimum Gasteiger partial charge on any atom is -0.507 e. The third-order valence-corrected chi connectivity index (χ3v) is 10.6. The number of para-hydroxylation sites is 4. The maximum atomic E-state index is 13.6. The van der Waals surface area contributed by atoms with Crippen LogP contribution in [0.4, 0.5) is 0 Å². The van der Waals surface area contributed by atoms with Gasteiger partial charge in [-0.25, -0.2) is 19.2 Å². The average Bonchev–Trinajstić information content (AvgIpc) is 3.21.